The Morgan fingerprint density at radius 3 is 2.78 bits per heavy atom. The van der Waals surface area contributed by atoms with Gasteiger partial charge in [0.15, 0.2) is 5.78 Å². The smallest absolute Gasteiger partial charge is 0.341 e. The molecule has 1 aliphatic heterocycles. The van der Waals surface area contributed by atoms with Crippen LogP contribution in [0.4, 0.5) is 0 Å². The molecule has 0 fully saturated rings. The van der Waals surface area contributed by atoms with Crippen molar-refractivity contribution in [3.05, 3.63) is 45.7 Å². The Bertz CT molecular complexity index is 757. The largest absolute Gasteiger partial charge is 0.477 e. The summed E-state index contributed by atoms with van der Waals surface area (Å²) in [5.41, 5.74) is 0.246. The van der Waals surface area contributed by atoms with Gasteiger partial charge in [-0.15, -0.1) is 0 Å². The van der Waals surface area contributed by atoms with Crippen molar-refractivity contribution in [1.82, 2.24) is 4.57 Å². The molecule has 0 spiro atoms. The van der Waals surface area contributed by atoms with Gasteiger partial charge < -0.3 is 9.67 Å². The van der Waals surface area contributed by atoms with Gasteiger partial charge in [-0.3, -0.25) is 9.59 Å². The van der Waals surface area contributed by atoms with Gasteiger partial charge in [-0.05, 0) is 12.1 Å². The predicted molar refractivity (Wildman–Crippen MR) is 64.1 cm³/mol. The topological polar surface area (TPSA) is 76.4 Å². The van der Waals surface area contributed by atoms with Crippen LogP contribution in [0.15, 0.2) is 29.2 Å². The number of para-hydroxylation sites is 1. The van der Waals surface area contributed by atoms with E-state index in [0.29, 0.717) is 29.4 Å². The Hall–Kier alpha value is -2.43. The molecule has 0 saturated heterocycles. The molecule has 1 aromatic carbocycles. The van der Waals surface area contributed by atoms with Crippen LogP contribution in [0.1, 0.15) is 27.1 Å². The first-order chi connectivity index (χ1) is 8.59. The van der Waals surface area contributed by atoms with Crippen molar-refractivity contribution in [3.63, 3.8) is 0 Å². The first kappa shape index (κ1) is 10.7. The number of ketones is 1. The van der Waals surface area contributed by atoms with Crippen LogP contribution in [-0.2, 0) is 6.54 Å². The number of nitrogens with zero attached hydrogens (tertiary/aromatic N) is 1. The molecule has 0 amide bonds. The maximum atomic E-state index is 12.0. The molecule has 1 aromatic heterocycles. The molecule has 3 rings (SSSR count). The number of carbonyl (C=O) groups is 2. The van der Waals surface area contributed by atoms with Crippen LogP contribution in [0, 0.1) is 0 Å². The summed E-state index contributed by atoms with van der Waals surface area (Å²) in [6, 6.07) is 4.83. The Balaban J connectivity index is 2.53. The lowest BCUT2D eigenvalue weighted by atomic mass is 9.99. The second kappa shape index (κ2) is 3.53. The minimum Gasteiger partial charge on any atom is -0.477 e. The molecule has 2 heterocycles. The second-order valence-corrected chi connectivity index (χ2v) is 4.25. The van der Waals surface area contributed by atoms with Crippen LogP contribution >= 0.6 is 0 Å². The number of benzene rings is 1. The van der Waals surface area contributed by atoms with Crippen molar-refractivity contribution >= 4 is 22.7 Å². The Kier molecular flexibility index (Phi) is 2.10. The molecule has 0 saturated carbocycles. The monoisotopic (exact) mass is 243 g/mol. The summed E-state index contributed by atoms with van der Waals surface area (Å²) in [5.74, 6) is -1.25. The van der Waals surface area contributed by atoms with Gasteiger partial charge in [0.25, 0.3) is 0 Å². The molecule has 1 aliphatic rings. The van der Waals surface area contributed by atoms with E-state index in [0.717, 1.165) is 0 Å². The number of hydrogen-bond acceptors (Lipinski definition) is 3. The standard InChI is InChI=1S/C13H9NO4/c15-10-4-5-14-6-9(13(17)18)12(16)8-3-1-2-7(10)11(8)14/h1-3,6H,4-5H2,(H,17,18). The van der Waals surface area contributed by atoms with E-state index in [1.807, 2.05) is 0 Å². The SMILES string of the molecule is O=C(O)c1cn2c3c(cccc3c1=O)C(=O)CC2. The molecule has 1 N–H and O–H groups in total. The quantitative estimate of drug-likeness (QED) is 0.818. The van der Waals surface area contributed by atoms with E-state index >= 15 is 0 Å². The summed E-state index contributed by atoms with van der Waals surface area (Å²) in [6.07, 6.45) is 1.65. The molecule has 5 heteroatoms. The van der Waals surface area contributed by atoms with Gasteiger partial charge in [0.1, 0.15) is 5.56 Å². The fourth-order valence-electron chi connectivity index (χ4n) is 2.37. The zero-order valence-corrected chi connectivity index (χ0v) is 9.34. The van der Waals surface area contributed by atoms with Crippen molar-refractivity contribution in [1.29, 1.82) is 0 Å². The minimum atomic E-state index is -1.24. The van der Waals surface area contributed by atoms with Gasteiger partial charge in [0.05, 0.1) is 5.52 Å². The van der Waals surface area contributed by atoms with E-state index in [1.54, 1.807) is 22.8 Å². The number of carboxylic acid groups (broad SMARTS) is 1. The molecule has 0 unspecified atom stereocenters. The van der Waals surface area contributed by atoms with Crippen molar-refractivity contribution in [2.24, 2.45) is 0 Å². The van der Waals surface area contributed by atoms with Crippen molar-refractivity contribution in [3.8, 4) is 0 Å². The molecule has 5 nitrogen and oxygen atoms in total. The second-order valence-electron chi connectivity index (χ2n) is 4.25. The fraction of sp³-hybridized carbons (Fsp3) is 0.154. The van der Waals surface area contributed by atoms with E-state index in [1.165, 1.54) is 6.20 Å². The van der Waals surface area contributed by atoms with Gasteiger partial charge in [-0.25, -0.2) is 4.79 Å². The zero-order valence-electron chi connectivity index (χ0n) is 9.34. The average Bonchev–Trinajstić information content (AvgIpc) is 2.36. The lowest BCUT2D eigenvalue weighted by Crippen LogP contribution is -2.23. The number of hydrogen-bond donors (Lipinski definition) is 1. The van der Waals surface area contributed by atoms with Crippen LogP contribution in [0.5, 0.6) is 0 Å². The highest BCUT2D eigenvalue weighted by Gasteiger charge is 2.22. The first-order valence-corrected chi connectivity index (χ1v) is 5.52. The highest BCUT2D eigenvalue weighted by molar-refractivity contribution is 6.08. The fourth-order valence-corrected chi connectivity index (χ4v) is 2.37. The summed E-state index contributed by atoms with van der Waals surface area (Å²) in [5, 5.41) is 9.30. The van der Waals surface area contributed by atoms with E-state index in [4.69, 9.17) is 5.11 Å². The summed E-state index contributed by atoms with van der Waals surface area (Å²) < 4.78 is 1.68. The third kappa shape index (κ3) is 1.30. The highest BCUT2D eigenvalue weighted by Crippen LogP contribution is 2.23. The van der Waals surface area contributed by atoms with Gasteiger partial charge >= 0.3 is 5.97 Å². The Morgan fingerprint density at radius 2 is 2.06 bits per heavy atom. The molecule has 0 radical (unpaired) electrons. The average molecular weight is 243 g/mol. The van der Waals surface area contributed by atoms with Crippen LogP contribution in [-0.4, -0.2) is 21.4 Å². The summed E-state index contributed by atoms with van der Waals surface area (Å²) >= 11 is 0. The van der Waals surface area contributed by atoms with Gasteiger partial charge in [0.2, 0.25) is 5.43 Å². The number of aromatic nitrogens is 1. The number of aryl methyl sites for hydroxylation is 1. The molecule has 0 aliphatic carbocycles. The minimum absolute atomic E-state index is 0.0110. The molecular weight excluding hydrogens is 234 g/mol. The molecule has 18 heavy (non-hydrogen) atoms. The third-order valence-electron chi connectivity index (χ3n) is 3.21. The lowest BCUT2D eigenvalue weighted by Gasteiger charge is -2.19. The number of carbonyl (C=O) groups excluding carboxylic acids is 1. The summed E-state index contributed by atoms with van der Waals surface area (Å²) in [4.78, 5) is 34.8. The summed E-state index contributed by atoms with van der Waals surface area (Å²) in [6.45, 7) is 0.410. The summed E-state index contributed by atoms with van der Waals surface area (Å²) in [7, 11) is 0. The van der Waals surface area contributed by atoms with Crippen molar-refractivity contribution in [2.45, 2.75) is 13.0 Å². The van der Waals surface area contributed by atoms with Gasteiger partial charge in [-0.1, -0.05) is 6.07 Å². The normalized spacial score (nSPS) is 13.9. The van der Waals surface area contributed by atoms with Gasteiger partial charge in [-0.2, -0.15) is 0 Å². The number of Topliss-reactive ketones (excluding diaryl/α,β-unsaturated/α-hetero) is 1. The van der Waals surface area contributed by atoms with Crippen molar-refractivity contribution < 1.29 is 14.7 Å². The maximum Gasteiger partial charge on any atom is 0.341 e. The van der Waals surface area contributed by atoms with E-state index in [2.05, 4.69) is 0 Å². The van der Waals surface area contributed by atoms with E-state index in [9.17, 15) is 14.4 Å². The third-order valence-corrected chi connectivity index (χ3v) is 3.21. The maximum absolute atomic E-state index is 12.0. The first-order valence-electron chi connectivity index (χ1n) is 5.52. The number of pyridine rings is 1. The Labute approximate surface area is 101 Å². The Morgan fingerprint density at radius 1 is 1.28 bits per heavy atom. The van der Waals surface area contributed by atoms with Crippen molar-refractivity contribution in [2.75, 3.05) is 0 Å². The molecular formula is C13H9NO4. The molecule has 90 valence electrons. The van der Waals surface area contributed by atoms with E-state index < -0.39 is 11.4 Å². The number of aromatic carboxylic acids is 1. The van der Waals surface area contributed by atoms with Crippen LogP contribution in [0.2, 0.25) is 0 Å². The molecule has 2 aromatic rings. The van der Waals surface area contributed by atoms with Crippen LogP contribution in [0.3, 0.4) is 0 Å². The molecule has 0 atom stereocenters. The van der Waals surface area contributed by atoms with Crippen LogP contribution < -0.4 is 5.43 Å². The zero-order chi connectivity index (χ0) is 12.9. The van der Waals surface area contributed by atoms with Crippen LogP contribution in [0.25, 0.3) is 10.9 Å². The predicted octanol–water partition coefficient (Wildman–Crippen LogP) is 1.29. The number of carboxylic acids is 1. The lowest BCUT2D eigenvalue weighted by molar-refractivity contribution is 0.0695. The van der Waals surface area contributed by atoms with E-state index in [-0.39, 0.29) is 11.3 Å². The number of rotatable bonds is 1. The van der Waals surface area contributed by atoms with Gasteiger partial charge in [0, 0.05) is 30.1 Å². The molecule has 0 bridgehead atoms. The highest BCUT2D eigenvalue weighted by atomic mass is 16.4.